The summed E-state index contributed by atoms with van der Waals surface area (Å²) in [6.07, 6.45) is 2.99. The molecule has 1 aliphatic rings. The van der Waals surface area contributed by atoms with E-state index in [0.717, 1.165) is 0 Å². The van der Waals surface area contributed by atoms with Gasteiger partial charge in [0.25, 0.3) is 0 Å². The first-order valence-electron chi connectivity index (χ1n) is 6.79. The van der Waals surface area contributed by atoms with Crippen LogP contribution in [-0.4, -0.2) is 0 Å². The van der Waals surface area contributed by atoms with Crippen molar-refractivity contribution in [2.45, 2.75) is 64.7 Å². The van der Waals surface area contributed by atoms with Crippen LogP contribution in [0.25, 0.3) is 0 Å². The van der Waals surface area contributed by atoms with Gasteiger partial charge in [-0.05, 0) is 52.8 Å². The summed E-state index contributed by atoms with van der Waals surface area (Å²) in [5, 5.41) is 8.93. The van der Waals surface area contributed by atoms with Crippen molar-refractivity contribution in [3.8, 4) is 6.07 Å². The van der Waals surface area contributed by atoms with E-state index in [9.17, 15) is 0 Å². The first kappa shape index (κ1) is 13.1. The van der Waals surface area contributed by atoms with Gasteiger partial charge in [-0.2, -0.15) is 5.26 Å². The fraction of sp³-hybridized carbons (Fsp3) is 0.588. The monoisotopic (exact) mass is 241 g/mol. The van der Waals surface area contributed by atoms with Gasteiger partial charge in [-0.1, -0.05) is 39.8 Å². The van der Waals surface area contributed by atoms with Crippen LogP contribution in [-0.2, 0) is 17.3 Å². The second-order valence-electron chi connectivity index (χ2n) is 6.93. The average Bonchev–Trinajstić information content (AvgIpc) is 2.27. The second kappa shape index (κ2) is 4.12. The zero-order valence-electron chi connectivity index (χ0n) is 12.2. The lowest BCUT2D eigenvalue weighted by molar-refractivity contribution is 0.331. The summed E-state index contributed by atoms with van der Waals surface area (Å²) >= 11 is 0. The van der Waals surface area contributed by atoms with Crippen LogP contribution in [0.5, 0.6) is 0 Å². The van der Waals surface area contributed by atoms with Crippen LogP contribution in [0, 0.1) is 18.3 Å². The predicted molar refractivity (Wildman–Crippen MR) is 75.8 cm³/mol. The molecule has 0 saturated heterocycles. The summed E-state index contributed by atoms with van der Waals surface area (Å²) in [5.41, 5.74) is 5.90. The third-order valence-corrected chi connectivity index (χ3v) is 4.58. The molecule has 1 aromatic rings. The molecule has 1 nitrogen and oxygen atoms in total. The van der Waals surface area contributed by atoms with Crippen LogP contribution >= 0.6 is 0 Å². The van der Waals surface area contributed by atoms with Crippen molar-refractivity contribution < 1.29 is 0 Å². The molecular weight excluding hydrogens is 218 g/mol. The fourth-order valence-electron chi connectivity index (χ4n) is 3.04. The lowest BCUT2D eigenvalue weighted by Crippen LogP contribution is -2.34. The fourth-order valence-corrected chi connectivity index (χ4v) is 3.04. The highest BCUT2D eigenvalue weighted by Gasteiger charge is 2.37. The van der Waals surface area contributed by atoms with Crippen molar-refractivity contribution in [3.63, 3.8) is 0 Å². The summed E-state index contributed by atoms with van der Waals surface area (Å²) < 4.78 is 0. The molecule has 0 aliphatic heterocycles. The highest BCUT2D eigenvalue weighted by Crippen LogP contribution is 2.46. The highest BCUT2D eigenvalue weighted by atomic mass is 14.4. The Kier molecular flexibility index (Phi) is 3.01. The Labute approximate surface area is 111 Å². The third kappa shape index (κ3) is 2.05. The molecule has 0 heterocycles. The molecule has 0 spiro atoms. The van der Waals surface area contributed by atoms with Crippen LogP contribution < -0.4 is 0 Å². The molecule has 1 heteroatoms. The summed E-state index contributed by atoms with van der Waals surface area (Å²) in [4.78, 5) is 0. The molecule has 0 saturated carbocycles. The highest BCUT2D eigenvalue weighted by molar-refractivity contribution is 5.47. The summed E-state index contributed by atoms with van der Waals surface area (Å²) in [7, 11) is 0. The molecule has 18 heavy (non-hydrogen) atoms. The van der Waals surface area contributed by atoms with E-state index in [-0.39, 0.29) is 10.8 Å². The molecule has 0 radical (unpaired) electrons. The second-order valence-corrected chi connectivity index (χ2v) is 6.93. The van der Waals surface area contributed by atoms with Crippen LogP contribution in [0.1, 0.15) is 62.8 Å². The van der Waals surface area contributed by atoms with Gasteiger partial charge in [0.15, 0.2) is 0 Å². The van der Waals surface area contributed by atoms with E-state index in [4.69, 9.17) is 5.26 Å². The minimum Gasteiger partial charge on any atom is -0.198 e. The zero-order valence-corrected chi connectivity index (χ0v) is 12.2. The lowest BCUT2D eigenvalue weighted by Gasteiger charge is -2.42. The normalized spacial score (nSPS) is 20.0. The molecule has 96 valence electrons. The van der Waals surface area contributed by atoms with Gasteiger partial charge in [0, 0.05) is 0 Å². The third-order valence-electron chi connectivity index (χ3n) is 4.58. The summed E-state index contributed by atoms with van der Waals surface area (Å²) in [6, 6.07) is 6.89. The largest absolute Gasteiger partial charge is 0.198 e. The zero-order chi connectivity index (χ0) is 13.6. The molecule has 0 bridgehead atoms. The number of nitrogens with zero attached hydrogens (tertiary/aromatic N) is 1. The van der Waals surface area contributed by atoms with E-state index >= 15 is 0 Å². The maximum Gasteiger partial charge on any atom is 0.0669 e. The minimum atomic E-state index is 0.239. The van der Waals surface area contributed by atoms with E-state index in [0.29, 0.717) is 6.42 Å². The van der Waals surface area contributed by atoms with E-state index < -0.39 is 0 Å². The molecule has 0 aromatic heterocycles. The molecule has 0 amide bonds. The van der Waals surface area contributed by atoms with Crippen molar-refractivity contribution in [2.24, 2.45) is 0 Å². The van der Waals surface area contributed by atoms with E-state index in [1.54, 1.807) is 0 Å². The summed E-state index contributed by atoms with van der Waals surface area (Å²) in [5.74, 6) is 0. The lowest BCUT2D eigenvalue weighted by atomic mass is 9.62. The molecule has 0 N–H and O–H groups in total. The van der Waals surface area contributed by atoms with Crippen molar-refractivity contribution in [1.82, 2.24) is 0 Å². The SMILES string of the molecule is Cc1cc2c(cc1CC#N)C(C)(C)CCC2(C)C. The van der Waals surface area contributed by atoms with Crippen molar-refractivity contribution in [1.29, 1.82) is 5.26 Å². The van der Waals surface area contributed by atoms with E-state index in [1.165, 1.54) is 35.1 Å². The Bertz CT molecular complexity index is 515. The quantitative estimate of drug-likeness (QED) is 0.714. The number of nitriles is 1. The smallest absolute Gasteiger partial charge is 0.0669 e. The first-order valence-corrected chi connectivity index (χ1v) is 6.79. The van der Waals surface area contributed by atoms with Crippen molar-refractivity contribution >= 4 is 0 Å². The maximum absolute atomic E-state index is 8.93. The Hall–Kier alpha value is -1.29. The molecule has 0 atom stereocenters. The van der Waals surface area contributed by atoms with Crippen LogP contribution in [0.3, 0.4) is 0 Å². The average molecular weight is 241 g/mol. The van der Waals surface area contributed by atoms with E-state index in [2.05, 4.69) is 52.8 Å². The minimum absolute atomic E-state index is 0.239. The van der Waals surface area contributed by atoms with Gasteiger partial charge >= 0.3 is 0 Å². The number of hydrogen-bond donors (Lipinski definition) is 0. The van der Waals surface area contributed by atoms with Crippen LogP contribution in [0.15, 0.2) is 12.1 Å². The van der Waals surface area contributed by atoms with Gasteiger partial charge in [0.05, 0.1) is 12.5 Å². The number of hydrogen-bond acceptors (Lipinski definition) is 1. The maximum atomic E-state index is 8.93. The number of fused-ring (bicyclic) bond motifs is 1. The molecule has 1 aromatic carbocycles. The first-order chi connectivity index (χ1) is 8.28. The Morgan fingerprint density at radius 1 is 1.06 bits per heavy atom. The van der Waals surface area contributed by atoms with Gasteiger partial charge in [-0.25, -0.2) is 0 Å². The van der Waals surface area contributed by atoms with Crippen molar-refractivity contribution in [3.05, 3.63) is 34.4 Å². The van der Waals surface area contributed by atoms with Gasteiger partial charge in [0.1, 0.15) is 0 Å². The van der Waals surface area contributed by atoms with Gasteiger partial charge in [-0.15, -0.1) is 0 Å². The molecule has 0 unspecified atom stereocenters. The Morgan fingerprint density at radius 2 is 1.56 bits per heavy atom. The van der Waals surface area contributed by atoms with Crippen LogP contribution in [0.2, 0.25) is 0 Å². The predicted octanol–water partition coefficient (Wildman–Crippen LogP) is 4.41. The molecule has 1 aliphatic carbocycles. The Balaban J connectivity index is 2.66. The van der Waals surface area contributed by atoms with Gasteiger partial charge in [0.2, 0.25) is 0 Å². The van der Waals surface area contributed by atoms with E-state index in [1.807, 2.05) is 0 Å². The Morgan fingerprint density at radius 3 is 2.06 bits per heavy atom. The topological polar surface area (TPSA) is 23.8 Å². The summed E-state index contributed by atoms with van der Waals surface area (Å²) in [6.45, 7) is 11.5. The van der Waals surface area contributed by atoms with Gasteiger partial charge < -0.3 is 0 Å². The van der Waals surface area contributed by atoms with Crippen LogP contribution in [0.4, 0.5) is 0 Å². The van der Waals surface area contributed by atoms with Crippen molar-refractivity contribution in [2.75, 3.05) is 0 Å². The molecular formula is C17H23N. The molecule has 0 fully saturated rings. The number of aryl methyl sites for hydroxylation is 1. The number of rotatable bonds is 1. The standard InChI is InChI=1S/C17H23N/c1-12-10-14-15(11-13(12)6-9-18)17(4,5)8-7-16(14,2)3/h10-11H,6-8H2,1-5H3. The number of benzene rings is 1. The molecule has 2 rings (SSSR count). The van der Waals surface area contributed by atoms with Gasteiger partial charge in [-0.3, -0.25) is 0 Å².